The van der Waals surface area contributed by atoms with Crippen LogP contribution in [0.1, 0.15) is 44.3 Å². The van der Waals surface area contributed by atoms with Crippen molar-refractivity contribution < 1.29 is 4.79 Å². The van der Waals surface area contributed by atoms with Crippen molar-refractivity contribution in [3.05, 3.63) is 94.6 Å². The first-order chi connectivity index (χ1) is 12.1. The maximum Gasteiger partial charge on any atom is 0.256 e. The van der Waals surface area contributed by atoms with Crippen LogP contribution in [-0.4, -0.2) is 20.8 Å². The summed E-state index contributed by atoms with van der Waals surface area (Å²) in [6, 6.07) is 13.8. The number of aryl methyl sites for hydroxylation is 2. The molecule has 25 heavy (non-hydrogen) atoms. The lowest BCUT2D eigenvalue weighted by molar-refractivity contribution is 0.0730. The second-order valence-corrected chi connectivity index (χ2v) is 6.46. The first-order valence-corrected chi connectivity index (χ1v) is 8.37. The summed E-state index contributed by atoms with van der Waals surface area (Å²) in [4.78, 5) is 23.5. The SMILES string of the molecule is Cc1ccc(C(c2cccnc2)N2Cc3ncccc3C2=O)cc1C. The fraction of sp³-hybridized carbons (Fsp3) is 0.190. The van der Waals surface area contributed by atoms with Crippen molar-refractivity contribution in [2.75, 3.05) is 0 Å². The Morgan fingerprint density at radius 3 is 2.56 bits per heavy atom. The highest BCUT2D eigenvalue weighted by atomic mass is 16.2. The number of fused-ring (bicyclic) bond motifs is 1. The van der Waals surface area contributed by atoms with E-state index >= 15 is 0 Å². The molecule has 4 nitrogen and oxygen atoms in total. The number of aromatic nitrogens is 2. The second-order valence-electron chi connectivity index (χ2n) is 6.46. The largest absolute Gasteiger partial charge is 0.321 e. The molecule has 0 bridgehead atoms. The van der Waals surface area contributed by atoms with E-state index in [1.165, 1.54) is 11.1 Å². The predicted octanol–water partition coefficient (Wildman–Crippen LogP) is 3.84. The topological polar surface area (TPSA) is 46.1 Å². The third-order valence-corrected chi connectivity index (χ3v) is 4.86. The number of amides is 1. The minimum atomic E-state index is -0.172. The summed E-state index contributed by atoms with van der Waals surface area (Å²) in [5.74, 6) is 0.0233. The summed E-state index contributed by atoms with van der Waals surface area (Å²) in [5.41, 5.74) is 6.09. The van der Waals surface area contributed by atoms with Gasteiger partial charge in [0.25, 0.3) is 5.91 Å². The molecular formula is C21H19N3O. The molecule has 0 N–H and O–H groups in total. The molecule has 1 amide bonds. The molecule has 1 aromatic carbocycles. The summed E-state index contributed by atoms with van der Waals surface area (Å²) in [6.45, 7) is 4.71. The molecule has 3 aromatic rings. The molecule has 4 heteroatoms. The lowest BCUT2D eigenvalue weighted by Crippen LogP contribution is -2.30. The third-order valence-electron chi connectivity index (χ3n) is 4.86. The van der Waals surface area contributed by atoms with E-state index in [4.69, 9.17) is 0 Å². The van der Waals surface area contributed by atoms with Gasteiger partial charge in [0.2, 0.25) is 0 Å². The van der Waals surface area contributed by atoms with Crippen molar-refractivity contribution in [3.8, 4) is 0 Å². The normalized spacial score (nSPS) is 14.5. The van der Waals surface area contributed by atoms with Gasteiger partial charge >= 0.3 is 0 Å². The number of hydrogen-bond donors (Lipinski definition) is 0. The van der Waals surface area contributed by atoms with E-state index < -0.39 is 0 Å². The Bertz CT molecular complexity index is 937. The van der Waals surface area contributed by atoms with Crippen LogP contribution in [0.2, 0.25) is 0 Å². The molecule has 1 unspecified atom stereocenters. The molecule has 1 aliphatic rings. The third kappa shape index (κ3) is 2.70. The number of pyridine rings is 2. The number of benzene rings is 1. The first kappa shape index (κ1) is 15.5. The molecule has 3 heterocycles. The van der Waals surface area contributed by atoms with E-state index in [-0.39, 0.29) is 11.9 Å². The smallest absolute Gasteiger partial charge is 0.256 e. The van der Waals surface area contributed by atoms with Gasteiger partial charge in [-0.3, -0.25) is 14.8 Å². The maximum atomic E-state index is 13.0. The number of carbonyl (C=O) groups is 1. The summed E-state index contributed by atoms with van der Waals surface area (Å²) >= 11 is 0. The minimum absolute atomic E-state index is 0.0233. The quantitative estimate of drug-likeness (QED) is 0.733. The lowest BCUT2D eigenvalue weighted by atomic mass is 9.95. The van der Waals surface area contributed by atoms with Gasteiger partial charge in [-0.25, -0.2) is 0 Å². The summed E-state index contributed by atoms with van der Waals surface area (Å²) < 4.78 is 0. The fourth-order valence-electron chi connectivity index (χ4n) is 3.38. The molecule has 0 spiro atoms. The zero-order valence-corrected chi connectivity index (χ0v) is 14.3. The van der Waals surface area contributed by atoms with Gasteiger partial charge in [-0.1, -0.05) is 24.3 Å². The monoisotopic (exact) mass is 329 g/mol. The van der Waals surface area contributed by atoms with Gasteiger partial charge in [0.1, 0.15) is 0 Å². The molecule has 2 aromatic heterocycles. The van der Waals surface area contributed by atoms with Crippen LogP contribution in [-0.2, 0) is 6.54 Å². The Morgan fingerprint density at radius 2 is 1.84 bits per heavy atom. The standard InChI is InChI=1S/C21H19N3O/c1-14-7-8-16(11-15(14)2)20(17-5-3-9-22-12-17)24-13-19-18(21(24)25)6-4-10-23-19/h3-12,20H,13H2,1-2H3. The number of rotatable bonds is 3. The van der Waals surface area contributed by atoms with Gasteiger partial charge in [0, 0.05) is 18.6 Å². The summed E-state index contributed by atoms with van der Waals surface area (Å²) in [7, 11) is 0. The van der Waals surface area contributed by atoms with E-state index in [2.05, 4.69) is 42.0 Å². The van der Waals surface area contributed by atoms with Crippen molar-refractivity contribution in [2.24, 2.45) is 0 Å². The molecule has 0 saturated heterocycles. The Kier molecular flexibility index (Phi) is 3.80. The van der Waals surface area contributed by atoms with Crippen LogP contribution < -0.4 is 0 Å². The van der Waals surface area contributed by atoms with E-state index in [1.807, 2.05) is 35.4 Å². The maximum absolute atomic E-state index is 13.0. The summed E-state index contributed by atoms with van der Waals surface area (Å²) in [6.07, 6.45) is 5.33. The van der Waals surface area contributed by atoms with Crippen LogP contribution in [0.4, 0.5) is 0 Å². The Balaban J connectivity index is 1.82. The molecule has 0 fully saturated rings. The van der Waals surface area contributed by atoms with Gasteiger partial charge in [-0.15, -0.1) is 0 Å². The molecule has 124 valence electrons. The van der Waals surface area contributed by atoms with E-state index in [9.17, 15) is 4.79 Å². The zero-order valence-electron chi connectivity index (χ0n) is 14.3. The number of nitrogens with zero attached hydrogens (tertiary/aromatic N) is 3. The van der Waals surface area contributed by atoms with E-state index in [1.54, 1.807) is 12.4 Å². The molecular weight excluding hydrogens is 310 g/mol. The number of carbonyl (C=O) groups excluding carboxylic acids is 1. The molecule has 1 atom stereocenters. The van der Waals surface area contributed by atoms with Gasteiger partial charge in [0.15, 0.2) is 0 Å². The van der Waals surface area contributed by atoms with Crippen molar-refractivity contribution in [1.29, 1.82) is 0 Å². The van der Waals surface area contributed by atoms with Crippen molar-refractivity contribution in [3.63, 3.8) is 0 Å². The van der Waals surface area contributed by atoms with Crippen LogP contribution in [0.3, 0.4) is 0 Å². The predicted molar refractivity (Wildman–Crippen MR) is 96.1 cm³/mol. The van der Waals surface area contributed by atoms with Gasteiger partial charge in [-0.2, -0.15) is 0 Å². The average molecular weight is 329 g/mol. The van der Waals surface area contributed by atoms with Crippen LogP contribution in [0.15, 0.2) is 61.1 Å². The zero-order chi connectivity index (χ0) is 17.4. The van der Waals surface area contributed by atoms with Crippen LogP contribution >= 0.6 is 0 Å². The van der Waals surface area contributed by atoms with Crippen molar-refractivity contribution >= 4 is 5.91 Å². The first-order valence-electron chi connectivity index (χ1n) is 8.37. The van der Waals surface area contributed by atoms with Crippen LogP contribution in [0, 0.1) is 13.8 Å². The second kappa shape index (κ2) is 6.13. The molecule has 0 radical (unpaired) electrons. The molecule has 0 saturated carbocycles. The van der Waals surface area contributed by atoms with Gasteiger partial charge < -0.3 is 4.90 Å². The number of hydrogen-bond acceptors (Lipinski definition) is 3. The van der Waals surface area contributed by atoms with E-state index in [0.717, 1.165) is 16.8 Å². The highest BCUT2D eigenvalue weighted by Gasteiger charge is 2.35. The highest BCUT2D eigenvalue weighted by molar-refractivity contribution is 5.98. The van der Waals surface area contributed by atoms with Crippen molar-refractivity contribution in [1.82, 2.24) is 14.9 Å². The fourth-order valence-corrected chi connectivity index (χ4v) is 3.38. The van der Waals surface area contributed by atoms with Crippen molar-refractivity contribution in [2.45, 2.75) is 26.4 Å². The van der Waals surface area contributed by atoms with Gasteiger partial charge in [-0.05, 0) is 54.3 Å². The Hall–Kier alpha value is -3.01. The molecule has 4 rings (SSSR count). The summed E-state index contributed by atoms with van der Waals surface area (Å²) in [5, 5.41) is 0. The Labute approximate surface area is 147 Å². The van der Waals surface area contributed by atoms with Gasteiger partial charge in [0.05, 0.1) is 23.8 Å². The highest BCUT2D eigenvalue weighted by Crippen LogP contribution is 2.35. The molecule has 1 aliphatic heterocycles. The van der Waals surface area contributed by atoms with Crippen LogP contribution in [0.25, 0.3) is 0 Å². The average Bonchev–Trinajstić information content (AvgIpc) is 2.96. The lowest BCUT2D eigenvalue weighted by Gasteiger charge is -2.28. The molecule has 0 aliphatic carbocycles. The minimum Gasteiger partial charge on any atom is -0.321 e. The van der Waals surface area contributed by atoms with Crippen LogP contribution in [0.5, 0.6) is 0 Å². The Morgan fingerprint density at radius 1 is 1.00 bits per heavy atom. The van der Waals surface area contributed by atoms with E-state index in [0.29, 0.717) is 12.1 Å².